The summed E-state index contributed by atoms with van der Waals surface area (Å²) in [5.74, 6) is -1.03. The van der Waals surface area contributed by atoms with Gasteiger partial charge in [0.2, 0.25) is 5.13 Å². The number of Topliss-reactive ketones (excluding diaryl/α,β-unsaturated/α-hetero) is 1. The van der Waals surface area contributed by atoms with Crippen molar-refractivity contribution in [1.82, 2.24) is 10.2 Å². The fourth-order valence-corrected chi connectivity index (χ4v) is 6.44. The van der Waals surface area contributed by atoms with Gasteiger partial charge in [0.1, 0.15) is 17.3 Å². The third kappa shape index (κ3) is 6.55. The van der Waals surface area contributed by atoms with E-state index in [0.29, 0.717) is 33.6 Å². The summed E-state index contributed by atoms with van der Waals surface area (Å²) in [6.07, 6.45) is 3.04. The lowest BCUT2D eigenvalue weighted by atomic mass is 9.95. The molecule has 0 radical (unpaired) electrons. The molecule has 2 heterocycles. The van der Waals surface area contributed by atoms with E-state index in [1.54, 1.807) is 42.5 Å². The smallest absolute Gasteiger partial charge is 0.301 e. The molecule has 10 heteroatoms. The monoisotopic (exact) mass is 603 g/mol. The molecule has 5 rings (SSSR count). The van der Waals surface area contributed by atoms with Gasteiger partial charge < -0.3 is 9.84 Å². The molecule has 1 fully saturated rings. The van der Waals surface area contributed by atoms with E-state index in [2.05, 4.69) is 17.1 Å². The first-order valence-electron chi connectivity index (χ1n) is 13.7. The molecular formula is C32H30FN3O4S2. The number of hydrogen-bond acceptors (Lipinski definition) is 8. The number of nitrogens with zero attached hydrogens (tertiary/aromatic N) is 3. The van der Waals surface area contributed by atoms with E-state index in [-0.39, 0.29) is 22.3 Å². The molecule has 0 spiro atoms. The number of anilines is 1. The average Bonchev–Trinajstić information content (AvgIpc) is 3.57. The lowest BCUT2D eigenvalue weighted by molar-refractivity contribution is -0.132. The molecule has 1 aromatic heterocycles. The molecule has 7 nitrogen and oxygen atoms in total. The number of rotatable bonds is 11. The lowest BCUT2D eigenvalue weighted by Gasteiger charge is -2.23. The average molecular weight is 604 g/mol. The maximum atomic E-state index is 13.5. The van der Waals surface area contributed by atoms with Gasteiger partial charge in [-0.3, -0.25) is 14.5 Å². The zero-order valence-corrected chi connectivity index (χ0v) is 24.9. The molecule has 1 N–H and O–H groups in total. The maximum absolute atomic E-state index is 13.5. The van der Waals surface area contributed by atoms with E-state index in [0.717, 1.165) is 30.4 Å². The number of aliphatic hydroxyl groups is 1. The van der Waals surface area contributed by atoms with Gasteiger partial charge in [-0.15, -0.1) is 10.2 Å². The second-order valence-corrected chi connectivity index (χ2v) is 12.1. The fourth-order valence-electron chi connectivity index (χ4n) is 4.61. The number of halogens is 1. The summed E-state index contributed by atoms with van der Waals surface area (Å²) in [6.45, 7) is 4.60. The Balaban J connectivity index is 1.51. The number of thioether (sulfide) groups is 1. The quantitative estimate of drug-likeness (QED) is 0.0475. The molecule has 1 amide bonds. The van der Waals surface area contributed by atoms with E-state index in [1.807, 2.05) is 25.1 Å². The molecule has 216 valence electrons. The van der Waals surface area contributed by atoms with Gasteiger partial charge in [0, 0.05) is 11.3 Å². The first-order valence-corrected chi connectivity index (χ1v) is 15.5. The molecule has 1 aliphatic rings. The summed E-state index contributed by atoms with van der Waals surface area (Å²) >= 11 is 2.57. The highest BCUT2D eigenvalue weighted by atomic mass is 32.2. The number of benzene rings is 3. The molecule has 0 aliphatic carbocycles. The number of ether oxygens (including phenoxy) is 1. The van der Waals surface area contributed by atoms with Crippen molar-refractivity contribution in [2.24, 2.45) is 0 Å². The van der Waals surface area contributed by atoms with Crippen molar-refractivity contribution in [3.8, 4) is 5.75 Å². The van der Waals surface area contributed by atoms with Crippen LogP contribution < -0.4 is 9.64 Å². The van der Waals surface area contributed by atoms with Gasteiger partial charge in [-0.25, -0.2) is 4.39 Å². The minimum absolute atomic E-state index is 0.0253. The van der Waals surface area contributed by atoms with Crippen LogP contribution in [0.1, 0.15) is 54.5 Å². The Bertz CT molecular complexity index is 1600. The van der Waals surface area contributed by atoms with Crippen LogP contribution in [0.15, 0.2) is 82.7 Å². The number of aryl methyl sites for hydroxylation is 1. The zero-order valence-electron chi connectivity index (χ0n) is 23.2. The number of carbonyl (C=O) groups excluding carboxylic acids is 2. The predicted octanol–water partition coefficient (Wildman–Crippen LogP) is 7.47. The minimum atomic E-state index is -0.937. The van der Waals surface area contributed by atoms with Gasteiger partial charge in [0.05, 0.1) is 18.2 Å². The summed E-state index contributed by atoms with van der Waals surface area (Å²) < 4.78 is 19.8. The Hall–Kier alpha value is -4.02. The van der Waals surface area contributed by atoms with Gasteiger partial charge in [-0.05, 0) is 48.7 Å². The highest BCUT2D eigenvalue weighted by molar-refractivity contribution is 8.00. The Kier molecular flexibility index (Phi) is 9.34. The van der Waals surface area contributed by atoms with Gasteiger partial charge in [-0.1, -0.05) is 97.0 Å². The lowest BCUT2D eigenvalue weighted by Crippen LogP contribution is -2.29. The van der Waals surface area contributed by atoms with E-state index in [4.69, 9.17) is 4.74 Å². The summed E-state index contributed by atoms with van der Waals surface area (Å²) in [5.41, 5.74) is 2.92. The normalized spacial score (nSPS) is 16.3. The molecule has 4 aromatic rings. The van der Waals surface area contributed by atoms with Gasteiger partial charge >= 0.3 is 5.91 Å². The third-order valence-corrected chi connectivity index (χ3v) is 8.96. The number of ketones is 1. The summed E-state index contributed by atoms with van der Waals surface area (Å²) in [5, 5.41) is 20.1. The molecule has 1 saturated heterocycles. The Morgan fingerprint density at radius 1 is 1.05 bits per heavy atom. The van der Waals surface area contributed by atoms with Crippen molar-refractivity contribution in [2.45, 2.75) is 49.2 Å². The molecule has 0 saturated carbocycles. The van der Waals surface area contributed by atoms with Gasteiger partial charge in [0.15, 0.2) is 4.34 Å². The van der Waals surface area contributed by atoms with Crippen molar-refractivity contribution >= 4 is 45.7 Å². The van der Waals surface area contributed by atoms with Gasteiger partial charge in [0.25, 0.3) is 5.78 Å². The molecule has 1 unspecified atom stereocenters. The van der Waals surface area contributed by atoms with Crippen LogP contribution in [-0.4, -0.2) is 33.6 Å². The highest BCUT2D eigenvalue weighted by Gasteiger charge is 2.48. The number of unbranched alkanes of at least 4 members (excludes halogenated alkanes) is 2. The van der Waals surface area contributed by atoms with Crippen molar-refractivity contribution in [3.05, 3.63) is 106 Å². The van der Waals surface area contributed by atoms with E-state index >= 15 is 0 Å². The van der Waals surface area contributed by atoms with Crippen LogP contribution in [0.4, 0.5) is 9.52 Å². The van der Waals surface area contributed by atoms with Crippen LogP contribution in [0.3, 0.4) is 0 Å². The number of aliphatic hydroxyl groups excluding tert-OH is 1. The van der Waals surface area contributed by atoms with Crippen molar-refractivity contribution in [2.75, 3.05) is 11.5 Å². The number of aromatic nitrogens is 2. The SMILES string of the molecule is CCCCCOc1cccc(C2/C(=C(\O)c3ccc(C)cc3)C(=O)C(=O)N2c2nnc(SCc3ccc(F)cc3)s2)c1. The summed E-state index contributed by atoms with van der Waals surface area (Å²) in [6, 6.07) is 19.6. The molecule has 3 aromatic carbocycles. The Morgan fingerprint density at radius 3 is 2.55 bits per heavy atom. The molecular weight excluding hydrogens is 574 g/mol. The fraction of sp³-hybridized carbons (Fsp3) is 0.250. The highest BCUT2D eigenvalue weighted by Crippen LogP contribution is 2.44. The number of carbonyl (C=O) groups is 2. The van der Waals surface area contributed by atoms with Crippen LogP contribution in [0.25, 0.3) is 5.76 Å². The second-order valence-electron chi connectivity index (χ2n) is 9.93. The summed E-state index contributed by atoms with van der Waals surface area (Å²) in [4.78, 5) is 28.3. The maximum Gasteiger partial charge on any atom is 0.301 e. The number of hydrogen-bond donors (Lipinski definition) is 1. The molecule has 0 bridgehead atoms. The number of amides is 1. The van der Waals surface area contributed by atoms with E-state index in [1.165, 1.54) is 40.1 Å². The summed E-state index contributed by atoms with van der Waals surface area (Å²) in [7, 11) is 0. The van der Waals surface area contributed by atoms with Crippen LogP contribution in [0.2, 0.25) is 0 Å². The molecule has 1 atom stereocenters. The van der Waals surface area contributed by atoms with Gasteiger partial charge in [-0.2, -0.15) is 0 Å². The second kappa shape index (κ2) is 13.3. The van der Waals surface area contributed by atoms with Crippen molar-refractivity contribution in [1.29, 1.82) is 0 Å². The first-order chi connectivity index (χ1) is 20.4. The Labute approximate surface area is 252 Å². The van der Waals surface area contributed by atoms with Crippen LogP contribution in [-0.2, 0) is 15.3 Å². The zero-order chi connectivity index (χ0) is 29.6. The molecule has 42 heavy (non-hydrogen) atoms. The van der Waals surface area contributed by atoms with E-state index in [9.17, 15) is 19.1 Å². The topological polar surface area (TPSA) is 92.6 Å². The largest absolute Gasteiger partial charge is 0.507 e. The first kappa shape index (κ1) is 29.5. The Morgan fingerprint density at radius 2 is 1.81 bits per heavy atom. The van der Waals surface area contributed by atoms with Crippen molar-refractivity contribution in [3.63, 3.8) is 0 Å². The predicted molar refractivity (Wildman–Crippen MR) is 163 cm³/mol. The third-order valence-electron chi connectivity index (χ3n) is 6.84. The van der Waals surface area contributed by atoms with Crippen LogP contribution in [0, 0.1) is 12.7 Å². The standard InChI is InChI=1S/C32H30FN3O4S2/c1-3-4-5-17-40-25-8-6-7-23(18-25)27-26(28(37)22-13-9-20(2)10-14-22)29(38)30(39)36(27)31-34-35-32(42-31)41-19-21-11-15-24(33)16-12-21/h6-16,18,27,37H,3-5,17,19H2,1-2H3/b28-26+. The van der Waals surface area contributed by atoms with Crippen molar-refractivity contribution < 1.29 is 23.8 Å². The minimum Gasteiger partial charge on any atom is -0.507 e. The van der Waals surface area contributed by atoms with E-state index < -0.39 is 17.7 Å². The molecule has 1 aliphatic heterocycles. The van der Waals surface area contributed by atoms with Crippen LogP contribution >= 0.6 is 23.1 Å². The van der Waals surface area contributed by atoms with Crippen LogP contribution in [0.5, 0.6) is 5.75 Å².